The third-order valence-electron chi connectivity index (χ3n) is 9.67. The molecular weight excluding hydrogens is 615 g/mol. The summed E-state index contributed by atoms with van der Waals surface area (Å²) in [5.41, 5.74) is 9.59. The fourth-order valence-corrected chi connectivity index (χ4v) is 7.21. The molecule has 1 aliphatic carbocycles. The van der Waals surface area contributed by atoms with Crippen molar-refractivity contribution >= 4 is 43.9 Å². The summed E-state index contributed by atoms with van der Waals surface area (Å²) in [6.07, 6.45) is 9.31. The highest BCUT2D eigenvalue weighted by atomic mass is 16.3. The van der Waals surface area contributed by atoms with E-state index in [1.165, 1.54) is 5.56 Å². The minimum absolute atomic E-state index is 0.0514. The summed E-state index contributed by atoms with van der Waals surface area (Å²) in [4.78, 5) is 15.4. The number of aromatic nitrogens is 3. The number of para-hydroxylation sites is 1. The Balaban J connectivity index is 1.16. The van der Waals surface area contributed by atoms with Gasteiger partial charge in [-0.3, -0.25) is 0 Å². The number of benzene rings is 6. The molecule has 6 aromatic carbocycles. The van der Waals surface area contributed by atoms with Crippen molar-refractivity contribution < 1.29 is 8.83 Å². The first-order chi connectivity index (χ1) is 24.8. The van der Waals surface area contributed by atoms with Crippen LogP contribution in [0.25, 0.3) is 88.9 Å². The Hall–Kier alpha value is -6.59. The number of rotatable bonds is 5. The summed E-state index contributed by atoms with van der Waals surface area (Å²) >= 11 is 0. The molecule has 0 amide bonds. The van der Waals surface area contributed by atoms with Crippen molar-refractivity contribution in [2.24, 2.45) is 0 Å². The van der Waals surface area contributed by atoms with Crippen LogP contribution < -0.4 is 0 Å². The summed E-state index contributed by atoms with van der Waals surface area (Å²) in [5.74, 6) is 2.07. The summed E-state index contributed by atoms with van der Waals surface area (Å²) in [7, 11) is 0. The monoisotopic (exact) mass is 643 g/mol. The van der Waals surface area contributed by atoms with Crippen molar-refractivity contribution in [3.8, 4) is 45.0 Å². The van der Waals surface area contributed by atoms with Crippen molar-refractivity contribution in [1.29, 1.82) is 0 Å². The van der Waals surface area contributed by atoms with E-state index >= 15 is 0 Å². The molecule has 1 aliphatic rings. The largest absolute Gasteiger partial charge is 0.456 e. The van der Waals surface area contributed by atoms with E-state index in [2.05, 4.69) is 109 Å². The summed E-state index contributed by atoms with van der Waals surface area (Å²) < 4.78 is 12.8. The average molecular weight is 644 g/mol. The summed E-state index contributed by atoms with van der Waals surface area (Å²) in [6, 6.07) is 45.8. The maximum atomic E-state index is 6.51. The minimum Gasteiger partial charge on any atom is -0.456 e. The Bertz CT molecular complexity index is 2790. The van der Waals surface area contributed by atoms with Crippen LogP contribution in [0, 0.1) is 0 Å². The molecular formula is C45H29N3O2. The Morgan fingerprint density at radius 2 is 1.10 bits per heavy atom. The van der Waals surface area contributed by atoms with Crippen molar-refractivity contribution in [1.82, 2.24) is 15.0 Å². The Morgan fingerprint density at radius 1 is 0.460 bits per heavy atom. The molecule has 1 unspecified atom stereocenters. The van der Waals surface area contributed by atoms with Crippen molar-refractivity contribution in [2.45, 2.75) is 12.3 Å². The first-order valence-corrected chi connectivity index (χ1v) is 16.9. The van der Waals surface area contributed by atoms with Crippen LogP contribution in [0.3, 0.4) is 0 Å². The van der Waals surface area contributed by atoms with Gasteiger partial charge in [0.2, 0.25) is 0 Å². The van der Waals surface area contributed by atoms with Crippen LogP contribution in [0.5, 0.6) is 0 Å². The maximum absolute atomic E-state index is 6.51. The standard InChI is InChI=1S/C45H29N3O2/c1-3-11-28(12-4-1)29-21-23-31(24-22-29)44-46-43(30-13-5-2-6-14-30)47-45(48-44)36-17-10-20-39-42(36)41-33(16-9-19-38(41)50-39)32-25-26-35-34-15-7-8-18-37(34)49-40(35)27-32/h1-13,15-27,30H,14H2. The molecule has 5 heteroatoms. The second kappa shape index (κ2) is 11.5. The van der Waals surface area contributed by atoms with E-state index in [1.54, 1.807) is 0 Å². The number of fused-ring (bicyclic) bond motifs is 6. The molecule has 3 aromatic heterocycles. The van der Waals surface area contributed by atoms with Gasteiger partial charge in [0.1, 0.15) is 28.2 Å². The molecule has 0 fully saturated rings. The highest BCUT2D eigenvalue weighted by molar-refractivity contribution is 6.18. The molecule has 10 rings (SSSR count). The molecule has 0 saturated heterocycles. The number of furan rings is 2. The Morgan fingerprint density at radius 3 is 1.92 bits per heavy atom. The lowest BCUT2D eigenvalue weighted by Crippen LogP contribution is -2.08. The molecule has 0 aliphatic heterocycles. The first kappa shape index (κ1) is 28.4. The fourth-order valence-electron chi connectivity index (χ4n) is 7.21. The molecule has 0 bridgehead atoms. The molecule has 3 heterocycles. The van der Waals surface area contributed by atoms with Crippen LogP contribution in [-0.2, 0) is 0 Å². The molecule has 0 spiro atoms. The molecule has 1 atom stereocenters. The Kier molecular flexibility index (Phi) is 6.56. The smallest absolute Gasteiger partial charge is 0.164 e. The molecule has 236 valence electrons. The van der Waals surface area contributed by atoms with Gasteiger partial charge in [0.25, 0.3) is 0 Å². The minimum atomic E-state index is 0.0514. The number of hydrogen-bond acceptors (Lipinski definition) is 5. The number of hydrogen-bond donors (Lipinski definition) is 0. The normalized spacial score (nSPS) is 14.4. The van der Waals surface area contributed by atoms with E-state index < -0.39 is 0 Å². The first-order valence-electron chi connectivity index (χ1n) is 16.9. The van der Waals surface area contributed by atoms with Gasteiger partial charge in [0.05, 0.1) is 0 Å². The van der Waals surface area contributed by atoms with E-state index in [1.807, 2.05) is 48.5 Å². The van der Waals surface area contributed by atoms with E-state index in [-0.39, 0.29) is 5.92 Å². The lowest BCUT2D eigenvalue weighted by molar-refractivity contribution is 0.668. The highest BCUT2D eigenvalue weighted by Gasteiger charge is 2.22. The third-order valence-corrected chi connectivity index (χ3v) is 9.67. The molecule has 5 nitrogen and oxygen atoms in total. The summed E-state index contributed by atoms with van der Waals surface area (Å²) in [5, 5.41) is 4.21. The van der Waals surface area contributed by atoms with Crippen LogP contribution in [0.1, 0.15) is 18.2 Å². The predicted molar refractivity (Wildman–Crippen MR) is 202 cm³/mol. The predicted octanol–water partition coefficient (Wildman–Crippen LogP) is 11.9. The van der Waals surface area contributed by atoms with Gasteiger partial charge in [-0.25, -0.2) is 15.0 Å². The molecule has 0 saturated carbocycles. The maximum Gasteiger partial charge on any atom is 0.164 e. The summed E-state index contributed by atoms with van der Waals surface area (Å²) in [6.45, 7) is 0. The highest BCUT2D eigenvalue weighted by Crippen LogP contribution is 2.42. The fraction of sp³-hybridized carbons (Fsp3) is 0.0444. The van der Waals surface area contributed by atoms with E-state index in [0.29, 0.717) is 11.6 Å². The second-order valence-corrected chi connectivity index (χ2v) is 12.7. The molecule has 50 heavy (non-hydrogen) atoms. The third kappa shape index (κ3) is 4.74. The van der Waals surface area contributed by atoms with Crippen LogP contribution in [0.2, 0.25) is 0 Å². The van der Waals surface area contributed by atoms with Gasteiger partial charge in [0, 0.05) is 38.6 Å². The van der Waals surface area contributed by atoms with Crippen LogP contribution in [0.15, 0.2) is 167 Å². The molecule has 0 radical (unpaired) electrons. The van der Waals surface area contributed by atoms with Crippen molar-refractivity contribution in [3.05, 3.63) is 164 Å². The number of allylic oxidation sites excluding steroid dienone is 4. The molecule has 0 N–H and O–H groups in total. The van der Waals surface area contributed by atoms with Gasteiger partial charge in [-0.05, 0) is 59.0 Å². The van der Waals surface area contributed by atoms with E-state index in [0.717, 1.165) is 83.9 Å². The van der Waals surface area contributed by atoms with Gasteiger partial charge < -0.3 is 8.83 Å². The van der Waals surface area contributed by atoms with Crippen molar-refractivity contribution in [3.63, 3.8) is 0 Å². The van der Waals surface area contributed by atoms with Gasteiger partial charge in [-0.2, -0.15) is 0 Å². The van der Waals surface area contributed by atoms with E-state index in [9.17, 15) is 0 Å². The zero-order valence-corrected chi connectivity index (χ0v) is 27.0. The van der Waals surface area contributed by atoms with Gasteiger partial charge in [0.15, 0.2) is 11.6 Å². The zero-order chi connectivity index (χ0) is 33.0. The van der Waals surface area contributed by atoms with Crippen molar-refractivity contribution in [2.75, 3.05) is 0 Å². The van der Waals surface area contributed by atoms with E-state index in [4.69, 9.17) is 23.8 Å². The van der Waals surface area contributed by atoms with Crippen LogP contribution >= 0.6 is 0 Å². The average Bonchev–Trinajstić information content (AvgIpc) is 3.77. The van der Waals surface area contributed by atoms with Gasteiger partial charge in [-0.1, -0.05) is 127 Å². The second-order valence-electron chi connectivity index (χ2n) is 12.7. The SMILES string of the molecule is C1=CCC(c2nc(-c3ccc(-c4ccccc4)cc3)nc(-c3cccc4oc5cccc(-c6ccc7c(c6)oc6ccccc67)c5c34)n2)C=C1. The lowest BCUT2D eigenvalue weighted by Gasteiger charge is -2.15. The van der Waals surface area contributed by atoms with Gasteiger partial charge in [-0.15, -0.1) is 0 Å². The quantitative estimate of drug-likeness (QED) is 0.187. The lowest BCUT2D eigenvalue weighted by atomic mass is 9.96. The molecule has 9 aromatic rings. The topological polar surface area (TPSA) is 65.0 Å². The Labute approximate surface area is 287 Å². The zero-order valence-electron chi connectivity index (χ0n) is 27.0. The van der Waals surface area contributed by atoms with Gasteiger partial charge >= 0.3 is 0 Å². The van der Waals surface area contributed by atoms with Crippen LogP contribution in [0.4, 0.5) is 0 Å². The number of nitrogens with zero attached hydrogens (tertiary/aromatic N) is 3. The van der Waals surface area contributed by atoms with Crippen LogP contribution in [-0.4, -0.2) is 15.0 Å².